The second-order valence-electron chi connectivity index (χ2n) is 5.67. The highest BCUT2D eigenvalue weighted by Crippen LogP contribution is 2.43. The van der Waals surface area contributed by atoms with E-state index in [0.717, 1.165) is 12.0 Å². The minimum Gasteiger partial charge on any atom is -0.271 e. The summed E-state index contributed by atoms with van der Waals surface area (Å²) in [5, 5.41) is 0.567. The van der Waals surface area contributed by atoms with Gasteiger partial charge in [-0.3, -0.25) is 11.3 Å². The SMILES string of the molecule is NNC(Cc1ccccc1Cl)C1CCCCC1C(F)(F)F. The third-order valence-electron chi connectivity index (χ3n) is 4.37. The van der Waals surface area contributed by atoms with Gasteiger partial charge in [0.05, 0.1) is 5.92 Å². The van der Waals surface area contributed by atoms with Crippen LogP contribution in [-0.4, -0.2) is 12.2 Å². The van der Waals surface area contributed by atoms with Crippen molar-refractivity contribution in [2.24, 2.45) is 17.7 Å². The summed E-state index contributed by atoms with van der Waals surface area (Å²) in [7, 11) is 0. The average molecular weight is 321 g/mol. The summed E-state index contributed by atoms with van der Waals surface area (Å²) in [5.74, 6) is 3.76. The minimum absolute atomic E-state index is 0.189. The lowest BCUT2D eigenvalue weighted by Crippen LogP contribution is -2.49. The summed E-state index contributed by atoms with van der Waals surface area (Å²) in [4.78, 5) is 0. The van der Waals surface area contributed by atoms with Gasteiger partial charge >= 0.3 is 6.18 Å². The van der Waals surface area contributed by atoms with Crippen LogP contribution in [0.25, 0.3) is 0 Å². The first kappa shape index (κ1) is 16.6. The number of alkyl halides is 3. The zero-order chi connectivity index (χ0) is 15.5. The van der Waals surface area contributed by atoms with Crippen molar-refractivity contribution in [1.82, 2.24) is 5.43 Å². The summed E-state index contributed by atoms with van der Waals surface area (Å²) in [6.07, 6.45) is -1.57. The van der Waals surface area contributed by atoms with Gasteiger partial charge in [-0.2, -0.15) is 13.2 Å². The molecule has 0 amide bonds. The summed E-state index contributed by atoms with van der Waals surface area (Å²) >= 11 is 6.10. The standard InChI is InChI=1S/C15H20ClF3N2/c16-13-8-4-1-5-10(13)9-14(21-20)11-6-2-3-7-12(11)15(17,18)19/h1,4-5,8,11-12,14,21H,2-3,6-7,9,20H2. The zero-order valence-corrected chi connectivity index (χ0v) is 12.4. The third kappa shape index (κ3) is 4.11. The van der Waals surface area contributed by atoms with Gasteiger partial charge < -0.3 is 0 Å². The number of benzene rings is 1. The topological polar surface area (TPSA) is 38.0 Å². The number of halogens is 4. The van der Waals surface area contributed by atoms with Crippen LogP contribution in [0.5, 0.6) is 0 Å². The molecule has 0 aliphatic heterocycles. The summed E-state index contributed by atoms with van der Waals surface area (Å²) in [6, 6.07) is 6.79. The van der Waals surface area contributed by atoms with Gasteiger partial charge in [-0.25, -0.2) is 0 Å². The first-order chi connectivity index (χ1) is 9.93. The molecule has 1 aliphatic rings. The van der Waals surface area contributed by atoms with Crippen LogP contribution in [0, 0.1) is 11.8 Å². The second kappa shape index (κ2) is 6.99. The van der Waals surface area contributed by atoms with Crippen molar-refractivity contribution in [2.75, 3.05) is 0 Å². The monoisotopic (exact) mass is 320 g/mol. The summed E-state index contributed by atoms with van der Waals surface area (Å²) in [5.41, 5.74) is 3.42. The number of hydrogen-bond donors (Lipinski definition) is 2. The summed E-state index contributed by atoms with van der Waals surface area (Å²) < 4.78 is 39.6. The van der Waals surface area contributed by atoms with E-state index >= 15 is 0 Å². The lowest BCUT2D eigenvalue weighted by molar-refractivity contribution is -0.199. The number of nitrogens with one attached hydrogen (secondary N) is 1. The average Bonchev–Trinajstić information content (AvgIpc) is 2.45. The molecule has 6 heteroatoms. The smallest absolute Gasteiger partial charge is 0.271 e. The molecule has 1 aromatic rings. The van der Waals surface area contributed by atoms with E-state index in [1.54, 1.807) is 12.1 Å². The van der Waals surface area contributed by atoms with Gasteiger partial charge in [0.2, 0.25) is 0 Å². The number of hydrazine groups is 1. The van der Waals surface area contributed by atoms with Crippen LogP contribution in [0.15, 0.2) is 24.3 Å². The van der Waals surface area contributed by atoms with Gasteiger partial charge in [-0.1, -0.05) is 42.6 Å². The van der Waals surface area contributed by atoms with E-state index in [2.05, 4.69) is 5.43 Å². The molecule has 1 aliphatic carbocycles. The van der Waals surface area contributed by atoms with Gasteiger partial charge in [0.15, 0.2) is 0 Å². The fourth-order valence-electron chi connectivity index (χ4n) is 3.28. The van der Waals surface area contributed by atoms with E-state index in [1.807, 2.05) is 12.1 Å². The van der Waals surface area contributed by atoms with Crippen molar-refractivity contribution in [3.05, 3.63) is 34.9 Å². The van der Waals surface area contributed by atoms with E-state index in [1.165, 1.54) is 0 Å². The van der Waals surface area contributed by atoms with Crippen molar-refractivity contribution in [2.45, 2.75) is 44.3 Å². The van der Waals surface area contributed by atoms with Crippen molar-refractivity contribution in [3.8, 4) is 0 Å². The quantitative estimate of drug-likeness (QED) is 0.648. The molecule has 0 radical (unpaired) electrons. The van der Waals surface area contributed by atoms with E-state index < -0.39 is 24.1 Å². The van der Waals surface area contributed by atoms with Crippen molar-refractivity contribution >= 4 is 11.6 Å². The molecule has 3 N–H and O–H groups in total. The molecule has 0 spiro atoms. The number of rotatable bonds is 4. The Morgan fingerprint density at radius 1 is 1.24 bits per heavy atom. The summed E-state index contributed by atoms with van der Waals surface area (Å²) in [6.45, 7) is 0. The Hall–Kier alpha value is -0.780. The van der Waals surface area contributed by atoms with Crippen LogP contribution in [0.2, 0.25) is 5.02 Å². The van der Waals surface area contributed by atoms with Crippen LogP contribution >= 0.6 is 11.6 Å². The lowest BCUT2D eigenvalue weighted by atomic mass is 9.73. The molecule has 2 nitrogen and oxygen atoms in total. The molecule has 21 heavy (non-hydrogen) atoms. The highest BCUT2D eigenvalue weighted by Gasteiger charge is 2.47. The van der Waals surface area contributed by atoms with E-state index in [-0.39, 0.29) is 6.42 Å². The predicted octanol–water partition coefficient (Wildman–Crippen LogP) is 4.08. The largest absolute Gasteiger partial charge is 0.392 e. The number of nitrogens with two attached hydrogens (primary N) is 1. The molecule has 0 heterocycles. The third-order valence-corrected chi connectivity index (χ3v) is 4.74. The second-order valence-corrected chi connectivity index (χ2v) is 6.07. The first-order valence-electron chi connectivity index (χ1n) is 7.19. The van der Waals surface area contributed by atoms with Crippen LogP contribution in [0.4, 0.5) is 13.2 Å². The van der Waals surface area contributed by atoms with Gasteiger partial charge in [-0.15, -0.1) is 0 Å². The van der Waals surface area contributed by atoms with E-state index in [9.17, 15) is 13.2 Å². The molecule has 3 atom stereocenters. The molecule has 2 rings (SSSR count). The lowest BCUT2D eigenvalue weighted by Gasteiger charge is -2.38. The molecule has 0 saturated heterocycles. The molecule has 3 unspecified atom stereocenters. The Morgan fingerprint density at radius 2 is 1.90 bits per heavy atom. The maximum absolute atomic E-state index is 13.2. The van der Waals surface area contributed by atoms with Crippen LogP contribution < -0.4 is 11.3 Å². The molecule has 1 fully saturated rings. The van der Waals surface area contributed by atoms with Gasteiger partial charge in [0.1, 0.15) is 0 Å². The van der Waals surface area contributed by atoms with Crippen molar-refractivity contribution in [1.29, 1.82) is 0 Å². The highest BCUT2D eigenvalue weighted by molar-refractivity contribution is 6.31. The zero-order valence-electron chi connectivity index (χ0n) is 11.7. The fraction of sp³-hybridized carbons (Fsp3) is 0.600. The molecule has 1 saturated carbocycles. The van der Waals surface area contributed by atoms with Crippen LogP contribution in [-0.2, 0) is 6.42 Å². The Bertz CT molecular complexity index is 464. The molecular formula is C15H20ClF3N2. The Morgan fingerprint density at radius 3 is 2.52 bits per heavy atom. The molecule has 0 bridgehead atoms. The first-order valence-corrected chi connectivity index (χ1v) is 7.57. The Balaban J connectivity index is 2.17. The van der Waals surface area contributed by atoms with Gasteiger partial charge in [-0.05, 0) is 36.8 Å². The minimum atomic E-state index is -4.17. The maximum atomic E-state index is 13.2. The Labute approximate surface area is 127 Å². The number of hydrogen-bond acceptors (Lipinski definition) is 2. The fourth-order valence-corrected chi connectivity index (χ4v) is 3.50. The van der Waals surface area contributed by atoms with Gasteiger partial charge in [0, 0.05) is 11.1 Å². The molecular weight excluding hydrogens is 301 g/mol. The molecule has 118 valence electrons. The maximum Gasteiger partial charge on any atom is 0.392 e. The van der Waals surface area contributed by atoms with Gasteiger partial charge in [0.25, 0.3) is 0 Å². The van der Waals surface area contributed by atoms with Crippen LogP contribution in [0.3, 0.4) is 0 Å². The van der Waals surface area contributed by atoms with Crippen LogP contribution in [0.1, 0.15) is 31.2 Å². The predicted molar refractivity (Wildman–Crippen MR) is 77.8 cm³/mol. The van der Waals surface area contributed by atoms with E-state index in [0.29, 0.717) is 24.3 Å². The van der Waals surface area contributed by atoms with E-state index in [4.69, 9.17) is 17.4 Å². The normalized spacial score (nSPS) is 24.8. The highest BCUT2D eigenvalue weighted by atomic mass is 35.5. The van der Waals surface area contributed by atoms with Crippen molar-refractivity contribution < 1.29 is 13.2 Å². The molecule has 1 aromatic carbocycles. The molecule has 0 aromatic heterocycles. The Kier molecular flexibility index (Phi) is 5.52. The van der Waals surface area contributed by atoms with Crippen molar-refractivity contribution in [3.63, 3.8) is 0 Å².